The standard InChI is InChI=1S/C31H35Cl2N3O3/c1-22(37)34-27-10-6-7-24(19-27)30(38)35(2)21-25(23-11-12-28(32)29(33)20-23)13-16-36-17-14-31(39,15-18-36)26-8-4-3-5-9-26/h3-12,19-20,25,39H,13-18,21H2,1-2H3,(H,34,37)/t25-/m0/s1. The topological polar surface area (TPSA) is 72.9 Å². The molecule has 0 spiro atoms. The van der Waals surface area contributed by atoms with Crippen LogP contribution in [0, 0.1) is 0 Å². The van der Waals surface area contributed by atoms with Crippen molar-refractivity contribution in [3.63, 3.8) is 0 Å². The zero-order chi connectivity index (χ0) is 28.0. The van der Waals surface area contributed by atoms with E-state index in [4.69, 9.17) is 23.2 Å². The maximum absolute atomic E-state index is 13.3. The molecule has 206 valence electrons. The lowest BCUT2D eigenvalue weighted by Gasteiger charge is -2.39. The van der Waals surface area contributed by atoms with Crippen LogP contribution < -0.4 is 5.32 Å². The average molecular weight is 569 g/mol. The molecule has 1 aliphatic heterocycles. The number of piperidine rings is 1. The Morgan fingerprint density at radius 2 is 1.72 bits per heavy atom. The summed E-state index contributed by atoms with van der Waals surface area (Å²) >= 11 is 12.6. The van der Waals surface area contributed by atoms with E-state index >= 15 is 0 Å². The van der Waals surface area contributed by atoms with Crippen LogP contribution >= 0.6 is 23.2 Å². The van der Waals surface area contributed by atoms with Gasteiger partial charge in [0.2, 0.25) is 5.91 Å². The Morgan fingerprint density at radius 1 is 1.00 bits per heavy atom. The number of carbonyl (C=O) groups excluding carboxylic acids is 2. The molecule has 1 aliphatic rings. The highest BCUT2D eigenvalue weighted by molar-refractivity contribution is 6.42. The van der Waals surface area contributed by atoms with E-state index in [0.29, 0.717) is 40.7 Å². The van der Waals surface area contributed by atoms with Gasteiger partial charge in [-0.1, -0.05) is 65.7 Å². The molecule has 0 aromatic heterocycles. The fourth-order valence-electron chi connectivity index (χ4n) is 5.22. The number of benzene rings is 3. The summed E-state index contributed by atoms with van der Waals surface area (Å²) in [6.45, 7) is 4.35. The van der Waals surface area contributed by atoms with Crippen LogP contribution in [-0.4, -0.2) is 59.9 Å². The minimum Gasteiger partial charge on any atom is -0.385 e. The lowest BCUT2D eigenvalue weighted by Crippen LogP contribution is -2.43. The lowest BCUT2D eigenvalue weighted by molar-refractivity contribution is -0.114. The molecule has 0 bridgehead atoms. The second-order valence-electron chi connectivity index (χ2n) is 10.3. The Balaban J connectivity index is 1.44. The molecule has 1 fully saturated rings. The number of nitrogens with zero attached hydrogens (tertiary/aromatic N) is 2. The SMILES string of the molecule is CC(=O)Nc1cccc(C(=O)N(C)C[C@H](CCN2CCC(O)(c3ccccc3)CC2)c2ccc(Cl)c(Cl)c2)c1. The molecule has 0 radical (unpaired) electrons. The maximum atomic E-state index is 13.3. The molecular formula is C31H35Cl2N3O3. The number of halogens is 2. The predicted octanol–water partition coefficient (Wildman–Crippen LogP) is 6.18. The Labute approximate surface area is 240 Å². The largest absolute Gasteiger partial charge is 0.385 e. The Morgan fingerprint density at radius 3 is 2.38 bits per heavy atom. The van der Waals surface area contributed by atoms with E-state index in [1.807, 2.05) is 42.5 Å². The Bertz CT molecular complexity index is 1290. The molecule has 3 aromatic rings. The average Bonchev–Trinajstić information content (AvgIpc) is 2.93. The summed E-state index contributed by atoms with van der Waals surface area (Å²) in [7, 11) is 1.79. The van der Waals surface area contributed by atoms with Crippen LogP contribution in [0.3, 0.4) is 0 Å². The van der Waals surface area contributed by atoms with E-state index in [9.17, 15) is 14.7 Å². The molecule has 39 heavy (non-hydrogen) atoms. The van der Waals surface area contributed by atoms with Gasteiger partial charge in [0.05, 0.1) is 15.6 Å². The molecule has 1 heterocycles. The summed E-state index contributed by atoms with van der Waals surface area (Å²) in [6, 6.07) is 22.5. The summed E-state index contributed by atoms with van der Waals surface area (Å²) in [5.41, 5.74) is 2.30. The molecule has 2 N–H and O–H groups in total. The summed E-state index contributed by atoms with van der Waals surface area (Å²) in [5.74, 6) is -0.284. The van der Waals surface area contributed by atoms with Gasteiger partial charge < -0.3 is 20.2 Å². The van der Waals surface area contributed by atoms with Crippen LogP contribution in [-0.2, 0) is 10.4 Å². The van der Waals surface area contributed by atoms with Crippen LogP contribution in [0.2, 0.25) is 10.0 Å². The third-order valence-electron chi connectivity index (χ3n) is 7.47. The van der Waals surface area contributed by atoms with E-state index in [2.05, 4.69) is 10.2 Å². The molecule has 0 aliphatic carbocycles. The van der Waals surface area contributed by atoms with E-state index in [1.54, 1.807) is 42.3 Å². The van der Waals surface area contributed by atoms with Gasteiger partial charge in [-0.3, -0.25) is 9.59 Å². The van der Waals surface area contributed by atoms with Crippen molar-refractivity contribution in [3.8, 4) is 0 Å². The molecule has 1 saturated heterocycles. The van der Waals surface area contributed by atoms with Gasteiger partial charge in [0, 0.05) is 50.8 Å². The maximum Gasteiger partial charge on any atom is 0.253 e. The van der Waals surface area contributed by atoms with E-state index < -0.39 is 5.60 Å². The van der Waals surface area contributed by atoms with Gasteiger partial charge >= 0.3 is 0 Å². The number of anilines is 1. The summed E-state index contributed by atoms with van der Waals surface area (Å²) in [6.07, 6.45) is 2.17. The van der Waals surface area contributed by atoms with Crippen LogP contribution in [0.15, 0.2) is 72.8 Å². The van der Waals surface area contributed by atoms with Crippen molar-refractivity contribution < 1.29 is 14.7 Å². The molecule has 3 aromatic carbocycles. The molecule has 2 amide bonds. The number of carbonyl (C=O) groups is 2. The molecule has 8 heteroatoms. The number of hydrogen-bond acceptors (Lipinski definition) is 4. The highest BCUT2D eigenvalue weighted by atomic mass is 35.5. The highest BCUT2D eigenvalue weighted by Crippen LogP contribution is 2.34. The number of aliphatic hydroxyl groups is 1. The van der Waals surface area contributed by atoms with Gasteiger partial charge in [-0.05, 0) is 67.3 Å². The lowest BCUT2D eigenvalue weighted by atomic mass is 9.84. The Hall–Kier alpha value is -2.90. The minimum atomic E-state index is -0.792. The van der Waals surface area contributed by atoms with E-state index in [-0.39, 0.29) is 17.7 Å². The van der Waals surface area contributed by atoms with Crippen LogP contribution in [0.4, 0.5) is 5.69 Å². The normalized spacial score (nSPS) is 15.9. The van der Waals surface area contributed by atoms with Crippen molar-refractivity contribution in [2.45, 2.75) is 37.7 Å². The number of likely N-dealkylation sites (tertiary alicyclic amines) is 1. The van der Waals surface area contributed by atoms with Crippen molar-refractivity contribution >= 4 is 40.7 Å². The van der Waals surface area contributed by atoms with Gasteiger partial charge in [0.15, 0.2) is 0 Å². The van der Waals surface area contributed by atoms with Crippen LogP contribution in [0.25, 0.3) is 0 Å². The summed E-state index contributed by atoms with van der Waals surface area (Å²) < 4.78 is 0. The fourth-order valence-corrected chi connectivity index (χ4v) is 5.53. The van der Waals surface area contributed by atoms with Crippen molar-refractivity contribution in [1.29, 1.82) is 0 Å². The van der Waals surface area contributed by atoms with Gasteiger partial charge in [-0.25, -0.2) is 0 Å². The number of hydrogen-bond donors (Lipinski definition) is 2. The third kappa shape index (κ3) is 7.61. The second kappa shape index (κ2) is 13.0. The van der Waals surface area contributed by atoms with Gasteiger partial charge in [-0.2, -0.15) is 0 Å². The first-order valence-electron chi connectivity index (χ1n) is 13.2. The quantitative estimate of drug-likeness (QED) is 0.323. The zero-order valence-corrected chi connectivity index (χ0v) is 23.9. The number of rotatable bonds is 9. The predicted molar refractivity (Wildman–Crippen MR) is 158 cm³/mol. The number of amides is 2. The van der Waals surface area contributed by atoms with Gasteiger partial charge in [-0.15, -0.1) is 0 Å². The number of likely N-dealkylation sites (N-methyl/N-ethyl adjacent to an activating group) is 1. The van der Waals surface area contributed by atoms with Crippen LogP contribution in [0.1, 0.15) is 53.6 Å². The fraction of sp³-hybridized carbons (Fsp3) is 0.355. The first kappa shape index (κ1) is 29.1. The Kier molecular flexibility index (Phi) is 9.67. The molecular weight excluding hydrogens is 533 g/mol. The summed E-state index contributed by atoms with van der Waals surface area (Å²) in [5, 5.41) is 14.9. The first-order chi connectivity index (χ1) is 18.6. The van der Waals surface area contributed by atoms with Gasteiger partial charge in [0.25, 0.3) is 5.91 Å². The molecule has 4 rings (SSSR count). The molecule has 0 saturated carbocycles. The van der Waals surface area contributed by atoms with Gasteiger partial charge in [0.1, 0.15) is 0 Å². The molecule has 0 unspecified atom stereocenters. The van der Waals surface area contributed by atoms with E-state index in [1.165, 1.54) is 6.92 Å². The molecule has 6 nitrogen and oxygen atoms in total. The second-order valence-corrected chi connectivity index (χ2v) is 11.2. The molecule has 1 atom stereocenters. The first-order valence-corrected chi connectivity index (χ1v) is 14.0. The third-order valence-corrected chi connectivity index (χ3v) is 8.21. The van der Waals surface area contributed by atoms with Crippen molar-refractivity contribution in [1.82, 2.24) is 9.80 Å². The number of nitrogens with one attached hydrogen (secondary N) is 1. The smallest absolute Gasteiger partial charge is 0.253 e. The van der Waals surface area contributed by atoms with Crippen LogP contribution in [0.5, 0.6) is 0 Å². The van der Waals surface area contributed by atoms with E-state index in [0.717, 1.165) is 37.2 Å². The minimum absolute atomic E-state index is 0.0298. The van der Waals surface area contributed by atoms with Crippen molar-refractivity contribution in [3.05, 3.63) is 99.5 Å². The zero-order valence-electron chi connectivity index (χ0n) is 22.4. The van der Waals surface area contributed by atoms with Crippen molar-refractivity contribution in [2.75, 3.05) is 38.5 Å². The highest BCUT2D eigenvalue weighted by Gasteiger charge is 2.34. The summed E-state index contributed by atoms with van der Waals surface area (Å²) in [4.78, 5) is 28.8. The monoisotopic (exact) mass is 567 g/mol. The van der Waals surface area contributed by atoms with Crippen molar-refractivity contribution in [2.24, 2.45) is 0 Å².